The number of nitrogens with one attached hydrogen (secondary N) is 1. The van der Waals surface area contributed by atoms with Crippen molar-refractivity contribution in [3.63, 3.8) is 0 Å². The van der Waals surface area contributed by atoms with Gasteiger partial charge in [-0.3, -0.25) is 4.79 Å². The Hall–Kier alpha value is -0.570. The van der Waals surface area contributed by atoms with Gasteiger partial charge in [0.15, 0.2) is 0 Å². The van der Waals surface area contributed by atoms with E-state index in [1.54, 1.807) is 0 Å². The number of hydrogen-bond acceptors (Lipinski definition) is 2. The lowest BCUT2D eigenvalue weighted by molar-refractivity contribution is -0.123. The van der Waals surface area contributed by atoms with Crippen LogP contribution in [0.3, 0.4) is 0 Å². The average molecular weight is 198 g/mol. The Labute approximate surface area is 86.4 Å². The highest BCUT2D eigenvalue weighted by molar-refractivity contribution is 5.81. The summed E-state index contributed by atoms with van der Waals surface area (Å²) in [5, 5.41) is 3.02. The van der Waals surface area contributed by atoms with Crippen LogP contribution in [0.15, 0.2) is 0 Å². The molecular formula is C11H22N2O. The zero-order chi connectivity index (χ0) is 10.6. The van der Waals surface area contributed by atoms with Gasteiger partial charge in [0.25, 0.3) is 0 Å². The molecule has 0 aromatic rings. The quantitative estimate of drug-likeness (QED) is 0.678. The molecule has 0 spiro atoms. The first-order chi connectivity index (χ1) is 6.67. The second kappa shape index (κ2) is 5.35. The molecule has 1 saturated carbocycles. The Balaban J connectivity index is 2.26. The van der Waals surface area contributed by atoms with E-state index in [9.17, 15) is 4.79 Å². The van der Waals surface area contributed by atoms with E-state index >= 15 is 0 Å². The van der Waals surface area contributed by atoms with Crippen LogP contribution in [0.5, 0.6) is 0 Å². The van der Waals surface area contributed by atoms with Crippen molar-refractivity contribution in [2.45, 2.75) is 58.0 Å². The van der Waals surface area contributed by atoms with E-state index in [0.717, 1.165) is 18.8 Å². The van der Waals surface area contributed by atoms with Crippen LogP contribution in [-0.2, 0) is 4.79 Å². The summed E-state index contributed by atoms with van der Waals surface area (Å²) in [4.78, 5) is 11.5. The predicted molar refractivity (Wildman–Crippen MR) is 57.8 cm³/mol. The van der Waals surface area contributed by atoms with Gasteiger partial charge in [-0.05, 0) is 25.2 Å². The molecule has 0 aromatic carbocycles. The summed E-state index contributed by atoms with van der Waals surface area (Å²) in [5.74, 6) is 0.873. The molecule has 0 aliphatic heterocycles. The van der Waals surface area contributed by atoms with Gasteiger partial charge in [0.1, 0.15) is 0 Å². The van der Waals surface area contributed by atoms with Gasteiger partial charge >= 0.3 is 0 Å². The molecule has 14 heavy (non-hydrogen) atoms. The lowest BCUT2D eigenvalue weighted by Gasteiger charge is -2.18. The predicted octanol–water partition coefficient (Wildman–Crippen LogP) is 1.42. The van der Waals surface area contributed by atoms with E-state index in [-0.39, 0.29) is 11.9 Å². The fraction of sp³-hybridized carbons (Fsp3) is 0.909. The molecule has 82 valence electrons. The summed E-state index contributed by atoms with van der Waals surface area (Å²) in [6.07, 6.45) is 5.54. The van der Waals surface area contributed by atoms with Crippen LogP contribution < -0.4 is 11.1 Å². The molecule has 3 nitrogen and oxygen atoms in total. The van der Waals surface area contributed by atoms with Crippen LogP contribution in [0.2, 0.25) is 0 Å². The third-order valence-corrected chi connectivity index (χ3v) is 2.93. The van der Waals surface area contributed by atoms with Gasteiger partial charge in [-0.25, -0.2) is 0 Å². The highest BCUT2D eigenvalue weighted by atomic mass is 16.2. The van der Waals surface area contributed by atoms with Crippen molar-refractivity contribution in [2.75, 3.05) is 0 Å². The molecule has 3 heteroatoms. The van der Waals surface area contributed by atoms with Gasteiger partial charge in [0.05, 0.1) is 6.04 Å². The standard InChI is InChI=1S/C11H22N2O/c1-3-9(7-8-5-6-8)13-11(14)10(12)4-2/h8-10H,3-7,12H2,1-2H3,(H,13,14)/t9?,10-/m1/s1. The van der Waals surface area contributed by atoms with E-state index in [1.807, 2.05) is 6.92 Å². The van der Waals surface area contributed by atoms with Crippen LogP contribution in [0.4, 0.5) is 0 Å². The molecule has 1 aliphatic rings. The van der Waals surface area contributed by atoms with E-state index in [1.165, 1.54) is 12.8 Å². The highest BCUT2D eigenvalue weighted by Crippen LogP contribution is 2.33. The minimum absolute atomic E-state index is 0.0139. The van der Waals surface area contributed by atoms with Gasteiger partial charge in [-0.2, -0.15) is 0 Å². The Morgan fingerprint density at radius 2 is 2.07 bits per heavy atom. The average Bonchev–Trinajstić information content (AvgIpc) is 2.99. The summed E-state index contributed by atoms with van der Waals surface area (Å²) in [6, 6.07) is 0.0100. The molecule has 0 saturated heterocycles. The first kappa shape index (κ1) is 11.5. The van der Waals surface area contributed by atoms with Crippen molar-refractivity contribution >= 4 is 5.91 Å². The van der Waals surface area contributed by atoms with Crippen molar-refractivity contribution in [1.82, 2.24) is 5.32 Å². The molecule has 1 aliphatic carbocycles. The minimum atomic E-state index is -0.330. The summed E-state index contributed by atoms with van der Waals surface area (Å²) < 4.78 is 0. The lowest BCUT2D eigenvalue weighted by atomic mass is 10.1. The van der Waals surface area contributed by atoms with Crippen molar-refractivity contribution < 1.29 is 4.79 Å². The third-order valence-electron chi connectivity index (χ3n) is 2.93. The largest absolute Gasteiger partial charge is 0.352 e. The molecule has 3 N–H and O–H groups in total. The zero-order valence-corrected chi connectivity index (χ0v) is 9.25. The minimum Gasteiger partial charge on any atom is -0.352 e. The number of nitrogens with two attached hydrogens (primary N) is 1. The Morgan fingerprint density at radius 1 is 1.43 bits per heavy atom. The number of carbonyl (C=O) groups excluding carboxylic acids is 1. The summed E-state index contributed by atoms with van der Waals surface area (Å²) in [6.45, 7) is 4.05. The van der Waals surface area contributed by atoms with Crippen LogP contribution in [0, 0.1) is 5.92 Å². The number of hydrogen-bond donors (Lipinski definition) is 2. The third kappa shape index (κ3) is 3.66. The fourth-order valence-corrected chi connectivity index (χ4v) is 1.58. The first-order valence-corrected chi connectivity index (χ1v) is 5.73. The Morgan fingerprint density at radius 3 is 2.50 bits per heavy atom. The van der Waals surface area contributed by atoms with E-state index < -0.39 is 0 Å². The van der Waals surface area contributed by atoms with Crippen LogP contribution in [0.1, 0.15) is 46.0 Å². The molecule has 1 unspecified atom stereocenters. The molecule has 1 amide bonds. The van der Waals surface area contributed by atoms with Gasteiger partial charge in [-0.1, -0.05) is 26.7 Å². The molecular weight excluding hydrogens is 176 g/mol. The molecule has 1 rings (SSSR count). The van der Waals surface area contributed by atoms with Crippen molar-refractivity contribution in [2.24, 2.45) is 11.7 Å². The first-order valence-electron chi connectivity index (χ1n) is 5.73. The number of carbonyl (C=O) groups is 1. The van der Waals surface area contributed by atoms with Gasteiger partial charge in [-0.15, -0.1) is 0 Å². The zero-order valence-electron chi connectivity index (χ0n) is 9.25. The lowest BCUT2D eigenvalue weighted by Crippen LogP contribution is -2.45. The van der Waals surface area contributed by atoms with Crippen LogP contribution in [-0.4, -0.2) is 18.0 Å². The van der Waals surface area contributed by atoms with Crippen LogP contribution in [0.25, 0.3) is 0 Å². The van der Waals surface area contributed by atoms with Gasteiger partial charge in [0, 0.05) is 6.04 Å². The molecule has 2 atom stereocenters. The normalized spacial score (nSPS) is 20.2. The van der Waals surface area contributed by atoms with Crippen molar-refractivity contribution in [1.29, 1.82) is 0 Å². The van der Waals surface area contributed by atoms with E-state index in [0.29, 0.717) is 12.5 Å². The van der Waals surface area contributed by atoms with Crippen LogP contribution >= 0.6 is 0 Å². The Bertz CT molecular complexity index is 190. The van der Waals surface area contributed by atoms with Crippen molar-refractivity contribution in [3.05, 3.63) is 0 Å². The monoisotopic (exact) mass is 198 g/mol. The smallest absolute Gasteiger partial charge is 0.237 e. The maximum absolute atomic E-state index is 11.5. The second-order valence-electron chi connectivity index (χ2n) is 4.31. The number of rotatable bonds is 6. The molecule has 1 fully saturated rings. The highest BCUT2D eigenvalue weighted by Gasteiger charge is 2.26. The molecule has 0 aromatic heterocycles. The topological polar surface area (TPSA) is 55.1 Å². The van der Waals surface area contributed by atoms with Gasteiger partial charge < -0.3 is 11.1 Å². The molecule has 0 heterocycles. The summed E-state index contributed by atoms with van der Waals surface area (Å²) in [7, 11) is 0. The maximum Gasteiger partial charge on any atom is 0.237 e. The second-order valence-corrected chi connectivity index (χ2v) is 4.31. The maximum atomic E-state index is 11.5. The van der Waals surface area contributed by atoms with Gasteiger partial charge in [0.2, 0.25) is 5.91 Å². The summed E-state index contributed by atoms with van der Waals surface area (Å²) in [5.41, 5.74) is 5.65. The molecule has 0 bridgehead atoms. The molecule has 0 radical (unpaired) electrons. The SMILES string of the molecule is CCC(CC1CC1)NC(=O)[C@H](N)CC. The number of amides is 1. The van der Waals surface area contributed by atoms with Crippen molar-refractivity contribution in [3.8, 4) is 0 Å². The van der Waals surface area contributed by atoms with E-state index in [2.05, 4.69) is 12.2 Å². The fourth-order valence-electron chi connectivity index (χ4n) is 1.58. The Kier molecular flexibility index (Phi) is 4.39. The summed E-state index contributed by atoms with van der Waals surface area (Å²) >= 11 is 0. The van der Waals surface area contributed by atoms with E-state index in [4.69, 9.17) is 5.73 Å².